The smallest absolute Gasteiger partial charge is 0.251 e. The highest BCUT2D eigenvalue weighted by atomic mass is 79.9. The first-order valence-corrected chi connectivity index (χ1v) is 7.02. The molecule has 0 amide bonds. The van der Waals surface area contributed by atoms with E-state index in [4.69, 9.17) is 11.6 Å². The summed E-state index contributed by atoms with van der Waals surface area (Å²) >= 11 is 9.44. The maximum absolute atomic E-state index is 11.8. The SMILES string of the molecule is CC(C)(C)c1cc(=O)[nH]c(-c2cc(Cl)ccc2Br)n1. The quantitative estimate of drug-likeness (QED) is 0.847. The van der Waals surface area contributed by atoms with Gasteiger partial charge in [0, 0.05) is 26.5 Å². The van der Waals surface area contributed by atoms with Crippen molar-refractivity contribution in [3.05, 3.63) is 49.8 Å². The summed E-state index contributed by atoms with van der Waals surface area (Å²) in [4.78, 5) is 19.1. The predicted octanol–water partition coefficient (Wildman–Crippen LogP) is 4.15. The maximum atomic E-state index is 11.8. The molecule has 3 nitrogen and oxygen atoms in total. The van der Waals surface area contributed by atoms with Crippen molar-refractivity contribution in [2.24, 2.45) is 0 Å². The molecule has 0 aliphatic heterocycles. The fraction of sp³-hybridized carbons (Fsp3) is 0.286. The molecule has 2 aromatic rings. The summed E-state index contributed by atoms with van der Waals surface area (Å²) in [6, 6.07) is 6.92. The summed E-state index contributed by atoms with van der Waals surface area (Å²) in [6.45, 7) is 6.06. The third-order valence-corrected chi connectivity index (χ3v) is 3.62. The molecule has 1 aromatic heterocycles. The van der Waals surface area contributed by atoms with Crippen LogP contribution in [0.1, 0.15) is 26.5 Å². The first-order chi connectivity index (χ1) is 8.77. The highest BCUT2D eigenvalue weighted by Gasteiger charge is 2.18. The van der Waals surface area contributed by atoms with Crippen LogP contribution in [0.4, 0.5) is 0 Å². The Balaban J connectivity index is 2.66. The van der Waals surface area contributed by atoms with Crippen molar-refractivity contribution >= 4 is 27.5 Å². The van der Waals surface area contributed by atoms with E-state index in [2.05, 4.69) is 25.9 Å². The molecule has 19 heavy (non-hydrogen) atoms. The summed E-state index contributed by atoms with van der Waals surface area (Å²) in [6.07, 6.45) is 0. The zero-order valence-electron chi connectivity index (χ0n) is 10.9. The summed E-state index contributed by atoms with van der Waals surface area (Å²) in [5.74, 6) is 0.520. The van der Waals surface area contributed by atoms with Crippen LogP contribution in [0.2, 0.25) is 5.02 Å². The highest BCUT2D eigenvalue weighted by Crippen LogP contribution is 2.29. The molecule has 1 aromatic carbocycles. The Morgan fingerprint density at radius 3 is 2.58 bits per heavy atom. The molecule has 0 saturated carbocycles. The summed E-state index contributed by atoms with van der Waals surface area (Å²) in [5.41, 5.74) is 1.17. The lowest BCUT2D eigenvalue weighted by molar-refractivity contribution is 0.566. The third-order valence-electron chi connectivity index (χ3n) is 2.69. The van der Waals surface area contributed by atoms with Crippen LogP contribution < -0.4 is 5.56 Å². The molecular formula is C14H14BrClN2O. The standard InChI is InChI=1S/C14H14BrClN2O/c1-14(2,3)11-7-12(19)18-13(17-11)9-6-8(16)4-5-10(9)15/h4-7H,1-3H3,(H,17,18,19). The van der Waals surface area contributed by atoms with Gasteiger partial charge in [-0.05, 0) is 18.2 Å². The van der Waals surface area contributed by atoms with Gasteiger partial charge in [-0.3, -0.25) is 4.79 Å². The topological polar surface area (TPSA) is 45.8 Å². The number of hydrogen-bond donors (Lipinski definition) is 1. The number of halogens is 2. The fourth-order valence-corrected chi connectivity index (χ4v) is 2.25. The molecule has 0 spiro atoms. The molecule has 0 aliphatic rings. The van der Waals surface area contributed by atoms with E-state index in [-0.39, 0.29) is 11.0 Å². The van der Waals surface area contributed by atoms with Gasteiger partial charge >= 0.3 is 0 Å². The van der Waals surface area contributed by atoms with E-state index in [0.29, 0.717) is 10.8 Å². The van der Waals surface area contributed by atoms with E-state index >= 15 is 0 Å². The maximum Gasteiger partial charge on any atom is 0.251 e. The normalized spacial score (nSPS) is 11.6. The lowest BCUT2D eigenvalue weighted by Gasteiger charge is -2.18. The predicted molar refractivity (Wildman–Crippen MR) is 81.7 cm³/mol. The Kier molecular flexibility index (Phi) is 3.83. The number of H-pyrrole nitrogens is 1. The van der Waals surface area contributed by atoms with E-state index in [1.807, 2.05) is 26.8 Å². The monoisotopic (exact) mass is 340 g/mol. The van der Waals surface area contributed by atoms with Crippen molar-refractivity contribution in [1.29, 1.82) is 0 Å². The molecular weight excluding hydrogens is 328 g/mol. The largest absolute Gasteiger partial charge is 0.306 e. The first kappa shape index (κ1) is 14.3. The number of benzene rings is 1. The van der Waals surface area contributed by atoms with E-state index in [0.717, 1.165) is 15.7 Å². The van der Waals surface area contributed by atoms with Crippen LogP contribution in [0.15, 0.2) is 33.5 Å². The zero-order valence-corrected chi connectivity index (χ0v) is 13.3. The van der Waals surface area contributed by atoms with Gasteiger partial charge in [0.05, 0.1) is 5.69 Å². The van der Waals surface area contributed by atoms with Gasteiger partial charge in [-0.15, -0.1) is 0 Å². The lowest BCUT2D eigenvalue weighted by atomic mass is 9.92. The molecule has 0 radical (unpaired) electrons. The molecule has 0 atom stereocenters. The van der Waals surface area contributed by atoms with Crippen LogP contribution in [0.5, 0.6) is 0 Å². The fourth-order valence-electron chi connectivity index (χ4n) is 1.65. The van der Waals surface area contributed by atoms with Crippen molar-refractivity contribution < 1.29 is 0 Å². The molecule has 1 N–H and O–H groups in total. The number of hydrogen-bond acceptors (Lipinski definition) is 2. The van der Waals surface area contributed by atoms with Gasteiger partial charge in [0.2, 0.25) is 0 Å². The summed E-state index contributed by atoms with van der Waals surface area (Å²) in [7, 11) is 0. The second-order valence-corrected chi connectivity index (χ2v) is 6.64. The zero-order chi connectivity index (χ0) is 14.2. The second-order valence-electron chi connectivity index (χ2n) is 5.35. The Hall–Kier alpha value is -1.13. The highest BCUT2D eigenvalue weighted by molar-refractivity contribution is 9.10. The van der Waals surface area contributed by atoms with Crippen molar-refractivity contribution in [1.82, 2.24) is 9.97 Å². The van der Waals surface area contributed by atoms with Gasteiger partial charge in [-0.25, -0.2) is 4.98 Å². The molecule has 5 heteroatoms. The van der Waals surface area contributed by atoms with Crippen molar-refractivity contribution in [3.8, 4) is 11.4 Å². The van der Waals surface area contributed by atoms with Gasteiger partial charge in [-0.2, -0.15) is 0 Å². The van der Waals surface area contributed by atoms with Gasteiger partial charge < -0.3 is 4.98 Å². The van der Waals surface area contributed by atoms with E-state index in [1.165, 1.54) is 6.07 Å². The molecule has 2 rings (SSSR count). The third kappa shape index (κ3) is 3.25. The van der Waals surface area contributed by atoms with Crippen molar-refractivity contribution in [2.45, 2.75) is 26.2 Å². The average Bonchev–Trinajstić information content (AvgIpc) is 2.30. The van der Waals surface area contributed by atoms with Gasteiger partial charge in [-0.1, -0.05) is 48.3 Å². The molecule has 0 aliphatic carbocycles. The van der Waals surface area contributed by atoms with Crippen LogP contribution in [-0.2, 0) is 5.41 Å². The molecule has 1 heterocycles. The Labute approximate surface area is 125 Å². The molecule has 0 saturated heterocycles. The van der Waals surface area contributed by atoms with Crippen LogP contribution >= 0.6 is 27.5 Å². The van der Waals surface area contributed by atoms with Crippen molar-refractivity contribution in [2.75, 3.05) is 0 Å². The lowest BCUT2D eigenvalue weighted by Crippen LogP contribution is -2.20. The van der Waals surface area contributed by atoms with Crippen LogP contribution in [0.25, 0.3) is 11.4 Å². The Bertz CT molecular complexity index is 674. The Morgan fingerprint density at radius 2 is 1.95 bits per heavy atom. The number of nitrogens with one attached hydrogen (secondary N) is 1. The van der Waals surface area contributed by atoms with Gasteiger partial charge in [0.25, 0.3) is 5.56 Å². The number of aromatic nitrogens is 2. The number of rotatable bonds is 1. The summed E-state index contributed by atoms with van der Waals surface area (Å²) < 4.78 is 0.839. The first-order valence-electron chi connectivity index (χ1n) is 5.84. The van der Waals surface area contributed by atoms with E-state index in [9.17, 15) is 4.79 Å². The van der Waals surface area contributed by atoms with Crippen LogP contribution in [0, 0.1) is 0 Å². The molecule has 0 fully saturated rings. The van der Waals surface area contributed by atoms with Crippen LogP contribution in [0.3, 0.4) is 0 Å². The minimum Gasteiger partial charge on any atom is -0.306 e. The molecule has 0 bridgehead atoms. The average molecular weight is 342 g/mol. The number of nitrogens with zero attached hydrogens (tertiary/aromatic N) is 1. The minimum atomic E-state index is -0.186. The molecule has 100 valence electrons. The summed E-state index contributed by atoms with van der Waals surface area (Å²) in [5, 5.41) is 0.599. The Morgan fingerprint density at radius 1 is 1.26 bits per heavy atom. The van der Waals surface area contributed by atoms with E-state index < -0.39 is 0 Å². The molecule has 0 unspecified atom stereocenters. The van der Waals surface area contributed by atoms with Gasteiger partial charge in [0.1, 0.15) is 5.82 Å². The van der Waals surface area contributed by atoms with Crippen molar-refractivity contribution in [3.63, 3.8) is 0 Å². The van der Waals surface area contributed by atoms with Crippen LogP contribution in [-0.4, -0.2) is 9.97 Å². The minimum absolute atomic E-state index is 0.165. The van der Waals surface area contributed by atoms with E-state index in [1.54, 1.807) is 12.1 Å². The number of aromatic amines is 1. The van der Waals surface area contributed by atoms with Gasteiger partial charge in [0.15, 0.2) is 0 Å². The second kappa shape index (κ2) is 5.10.